The van der Waals surface area contributed by atoms with Crippen molar-refractivity contribution in [3.8, 4) is 0 Å². The monoisotopic (exact) mass is 285 g/mol. The number of aliphatic hydroxyl groups is 1. The third kappa shape index (κ3) is 6.18. The summed E-state index contributed by atoms with van der Waals surface area (Å²) in [5.74, 6) is 0.345. The Morgan fingerprint density at radius 1 is 1.42 bits per heavy atom. The van der Waals surface area contributed by atoms with E-state index in [-0.39, 0.29) is 18.6 Å². The molecular formula is C14H23NO3S. The van der Waals surface area contributed by atoms with Crippen LogP contribution in [0.5, 0.6) is 0 Å². The Bertz CT molecular complexity index is 390. The predicted molar refractivity (Wildman–Crippen MR) is 77.2 cm³/mol. The maximum atomic E-state index is 11.2. The Labute approximate surface area is 118 Å². The normalized spacial score (nSPS) is 12.7. The summed E-state index contributed by atoms with van der Waals surface area (Å²) in [6, 6.07) is 4.10. The molecule has 1 aromatic heterocycles. The van der Waals surface area contributed by atoms with Crippen LogP contribution in [0.2, 0.25) is 0 Å². The van der Waals surface area contributed by atoms with Crippen LogP contribution in [0.1, 0.15) is 30.0 Å². The molecule has 1 rings (SSSR count). The first-order valence-corrected chi connectivity index (χ1v) is 7.35. The Morgan fingerprint density at radius 2 is 2.11 bits per heavy atom. The average molecular weight is 285 g/mol. The number of carbonyl (C=O) groups excluding carboxylic acids is 1. The van der Waals surface area contributed by atoms with Crippen molar-refractivity contribution >= 4 is 17.3 Å². The minimum absolute atomic E-state index is 0.131. The quantitative estimate of drug-likeness (QED) is 0.717. The zero-order valence-electron chi connectivity index (χ0n) is 11.8. The number of aliphatic hydroxyl groups excluding tert-OH is 1. The van der Waals surface area contributed by atoms with Gasteiger partial charge < -0.3 is 15.2 Å². The second kappa shape index (κ2) is 8.30. The van der Waals surface area contributed by atoms with Crippen LogP contribution < -0.4 is 5.32 Å². The van der Waals surface area contributed by atoms with Gasteiger partial charge in [0.25, 0.3) is 0 Å². The molecule has 0 aliphatic heterocycles. The smallest absolute Gasteiger partial charge is 0.310 e. The van der Waals surface area contributed by atoms with E-state index in [4.69, 9.17) is 0 Å². The van der Waals surface area contributed by atoms with Gasteiger partial charge in [0, 0.05) is 22.3 Å². The van der Waals surface area contributed by atoms with Crippen molar-refractivity contribution in [1.82, 2.24) is 5.32 Å². The Hall–Kier alpha value is -0.910. The van der Waals surface area contributed by atoms with Crippen molar-refractivity contribution in [2.45, 2.75) is 39.3 Å². The van der Waals surface area contributed by atoms with Crippen LogP contribution in [0, 0.1) is 5.92 Å². The molecule has 1 aromatic rings. The van der Waals surface area contributed by atoms with Crippen LogP contribution >= 0.6 is 11.3 Å². The van der Waals surface area contributed by atoms with Crippen LogP contribution in [0.4, 0.5) is 0 Å². The van der Waals surface area contributed by atoms with Crippen molar-refractivity contribution in [2.24, 2.45) is 5.92 Å². The van der Waals surface area contributed by atoms with E-state index in [0.717, 1.165) is 17.8 Å². The number of carbonyl (C=O) groups is 1. The van der Waals surface area contributed by atoms with E-state index < -0.39 is 0 Å². The molecule has 0 aliphatic carbocycles. The summed E-state index contributed by atoms with van der Waals surface area (Å²) in [6.07, 6.45) is 1.29. The Balaban J connectivity index is 2.42. The topological polar surface area (TPSA) is 58.6 Å². The molecule has 0 saturated heterocycles. The zero-order valence-corrected chi connectivity index (χ0v) is 12.6. The molecule has 0 radical (unpaired) electrons. The second-order valence-corrected chi connectivity index (χ2v) is 6.26. The van der Waals surface area contributed by atoms with Crippen molar-refractivity contribution in [1.29, 1.82) is 0 Å². The van der Waals surface area contributed by atoms with Crippen molar-refractivity contribution in [2.75, 3.05) is 13.7 Å². The molecule has 5 heteroatoms. The standard InChI is InChI=1S/C14H23NO3S/c1-10(2)6-11(9-16)15-8-13-5-4-12(19-13)7-14(17)18-3/h4-5,10-11,15-16H,6-9H2,1-3H3. The summed E-state index contributed by atoms with van der Waals surface area (Å²) in [7, 11) is 1.40. The molecule has 0 aromatic carbocycles. The largest absolute Gasteiger partial charge is 0.469 e. The lowest BCUT2D eigenvalue weighted by Crippen LogP contribution is -2.32. The van der Waals surface area contributed by atoms with Gasteiger partial charge in [0.2, 0.25) is 0 Å². The predicted octanol–water partition coefficient (Wildman–Crippen LogP) is 1.96. The van der Waals surface area contributed by atoms with Crippen molar-refractivity contribution in [3.63, 3.8) is 0 Å². The molecule has 1 unspecified atom stereocenters. The van der Waals surface area contributed by atoms with E-state index in [2.05, 4.69) is 23.9 Å². The molecular weight excluding hydrogens is 262 g/mol. The zero-order chi connectivity index (χ0) is 14.3. The van der Waals surface area contributed by atoms with E-state index in [0.29, 0.717) is 12.3 Å². The van der Waals surface area contributed by atoms with Gasteiger partial charge in [0.15, 0.2) is 0 Å². The van der Waals surface area contributed by atoms with E-state index in [1.54, 1.807) is 11.3 Å². The van der Waals surface area contributed by atoms with E-state index in [9.17, 15) is 9.90 Å². The summed E-state index contributed by atoms with van der Waals surface area (Å²) in [6.45, 7) is 5.16. The summed E-state index contributed by atoms with van der Waals surface area (Å²) in [5.41, 5.74) is 0. The number of hydrogen-bond donors (Lipinski definition) is 2. The lowest BCUT2D eigenvalue weighted by atomic mass is 10.0. The SMILES string of the molecule is COC(=O)Cc1ccc(CNC(CO)CC(C)C)s1. The number of rotatable bonds is 8. The lowest BCUT2D eigenvalue weighted by molar-refractivity contribution is -0.139. The highest BCUT2D eigenvalue weighted by Gasteiger charge is 2.10. The first-order chi connectivity index (χ1) is 9.05. The lowest BCUT2D eigenvalue weighted by Gasteiger charge is -2.17. The van der Waals surface area contributed by atoms with Gasteiger partial charge in [-0.3, -0.25) is 4.79 Å². The molecule has 0 amide bonds. The van der Waals surface area contributed by atoms with Crippen LogP contribution in [0.25, 0.3) is 0 Å². The van der Waals surface area contributed by atoms with Gasteiger partial charge >= 0.3 is 5.97 Å². The number of thiophene rings is 1. The first kappa shape index (κ1) is 16.1. The molecule has 0 bridgehead atoms. The summed E-state index contributed by atoms with van der Waals surface area (Å²) in [4.78, 5) is 13.3. The molecule has 108 valence electrons. The van der Waals surface area contributed by atoms with Crippen molar-refractivity contribution < 1.29 is 14.6 Å². The Kier molecular flexibility index (Phi) is 7.05. The number of hydrogen-bond acceptors (Lipinski definition) is 5. The molecule has 0 fully saturated rings. The van der Waals surface area contributed by atoms with Crippen LogP contribution in [0.15, 0.2) is 12.1 Å². The second-order valence-electron chi connectivity index (χ2n) is 5.01. The van der Waals surface area contributed by atoms with Gasteiger partial charge in [-0.2, -0.15) is 0 Å². The fourth-order valence-electron chi connectivity index (χ4n) is 1.86. The number of nitrogens with one attached hydrogen (secondary N) is 1. The van der Waals surface area contributed by atoms with E-state index >= 15 is 0 Å². The molecule has 19 heavy (non-hydrogen) atoms. The average Bonchev–Trinajstić information content (AvgIpc) is 2.81. The highest BCUT2D eigenvalue weighted by Crippen LogP contribution is 2.17. The maximum absolute atomic E-state index is 11.2. The summed E-state index contributed by atoms with van der Waals surface area (Å²) < 4.78 is 4.64. The maximum Gasteiger partial charge on any atom is 0.310 e. The third-order valence-corrected chi connectivity index (χ3v) is 3.89. The van der Waals surface area contributed by atoms with Gasteiger partial charge in [0.05, 0.1) is 20.1 Å². The van der Waals surface area contributed by atoms with E-state index in [1.165, 1.54) is 12.0 Å². The molecule has 0 aliphatic rings. The third-order valence-electron chi connectivity index (χ3n) is 2.80. The first-order valence-electron chi connectivity index (χ1n) is 6.53. The Morgan fingerprint density at radius 3 is 2.68 bits per heavy atom. The molecule has 0 saturated carbocycles. The molecule has 0 spiro atoms. The number of methoxy groups -OCH3 is 1. The minimum Gasteiger partial charge on any atom is -0.469 e. The summed E-state index contributed by atoms with van der Waals surface area (Å²) >= 11 is 1.60. The highest BCUT2D eigenvalue weighted by molar-refractivity contribution is 7.12. The van der Waals surface area contributed by atoms with Gasteiger partial charge in [0.1, 0.15) is 0 Å². The van der Waals surface area contributed by atoms with Crippen LogP contribution in [0.3, 0.4) is 0 Å². The molecule has 1 atom stereocenters. The molecule has 4 nitrogen and oxygen atoms in total. The van der Waals surface area contributed by atoms with Gasteiger partial charge in [-0.05, 0) is 24.5 Å². The summed E-state index contributed by atoms with van der Waals surface area (Å²) in [5, 5.41) is 12.6. The van der Waals surface area contributed by atoms with Gasteiger partial charge in [-0.15, -0.1) is 11.3 Å². The fourth-order valence-corrected chi connectivity index (χ4v) is 2.82. The van der Waals surface area contributed by atoms with Crippen molar-refractivity contribution in [3.05, 3.63) is 21.9 Å². The molecule has 1 heterocycles. The molecule has 2 N–H and O–H groups in total. The highest BCUT2D eigenvalue weighted by atomic mass is 32.1. The number of esters is 1. The number of ether oxygens (including phenoxy) is 1. The fraction of sp³-hybridized carbons (Fsp3) is 0.643. The van der Waals surface area contributed by atoms with Crippen LogP contribution in [-0.4, -0.2) is 30.8 Å². The van der Waals surface area contributed by atoms with Gasteiger partial charge in [-0.25, -0.2) is 0 Å². The van der Waals surface area contributed by atoms with E-state index in [1.807, 2.05) is 12.1 Å². The van der Waals surface area contributed by atoms with Crippen LogP contribution in [-0.2, 0) is 22.5 Å². The van der Waals surface area contributed by atoms with Gasteiger partial charge in [-0.1, -0.05) is 13.8 Å². The minimum atomic E-state index is -0.214.